The quantitative estimate of drug-likeness (QED) is 0.921. The summed E-state index contributed by atoms with van der Waals surface area (Å²) in [5.74, 6) is 1.43. The van der Waals surface area contributed by atoms with Crippen molar-refractivity contribution in [3.05, 3.63) is 58.0 Å². The van der Waals surface area contributed by atoms with E-state index in [2.05, 4.69) is 0 Å². The number of rotatable bonds is 3. The van der Waals surface area contributed by atoms with Gasteiger partial charge in [-0.25, -0.2) is 0 Å². The van der Waals surface area contributed by atoms with Crippen molar-refractivity contribution in [2.45, 2.75) is 19.5 Å². The lowest BCUT2D eigenvalue weighted by atomic mass is 10.1. The number of aryl methyl sites for hydroxylation is 1. The minimum Gasteiger partial charge on any atom is -0.454 e. The van der Waals surface area contributed by atoms with E-state index in [0.717, 1.165) is 11.3 Å². The van der Waals surface area contributed by atoms with E-state index in [1.165, 1.54) is 0 Å². The van der Waals surface area contributed by atoms with Crippen LogP contribution in [0.2, 0.25) is 0 Å². The van der Waals surface area contributed by atoms with Crippen LogP contribution in [0.3, 0.4) is 0 Å². The lowest BCUT2D eigenvalue weighted by Crippen LogP contribution is -2.27. The first-order valence-electron chi connectivity index (χ1n) is 6.46. The first-order chi connectivity index (χ1) is 9.65. The van der Waals surface area contributed by atoms with E-state index in [4.69, 9.17) is 15.2 Å². The SMILES string of the molecule is Cc1cccn(CC(N)c2ccc3c(c2)OCO3)c1=O. The molecule has 1 atom stereocenters. The first-order valence-corrected chi connectivity index (χ1v) is 6.46. The number of ether oxygens (including phenoxy) is 2. The van der Waals surface area contributed by atoms with Gasteiger partial charge in [0.2, 0.25) is 6.79 Å². The third-order valence-electron chi connectivity index (χ3n) is 3.43. The maximum atomic E-state index is 12.0. The van der Waals surface area contributed by atoms with Crippen molar-refractivity contribution in [2.24, 2.45) is 5.73 Å². The molecule has 2 heterocycles. The monoisotopic (exact) mass is 272 g/mol. The summed E-state index contributed by atoms with van der Waals surface area (Å²) in [5.41, 5.74) is 7.81. The van der Waals surface area contributed by atoms with Crippen LogP contribution in [0.1, 0.15) is 17.2 Å². The Labute approximate surface area is 116 Å². The van der Waals surface area contributed by atoms with Crippen LogP contribution >= 0.6 is 0 Å². The van der Waals surface area contributed by atoms with Crippen LogP contribution in [0.25, 0.3) is 0 Å². The fourth-order valence-electron chi connectivity index (χ4n) is 2.26. The van der Waals surface area contributed by atoms with E-state index in [9.17, 15) is 4.79 Å². The summed E-state index contributed by atoms with van der Waals surface area (Å²) >= 11 is 0. The molecular formula is C15H16N2O3. The normalized spacial score (nSPS) is 14.3. The van der Waals surface area contributed by atoms with Gasteiger partial charge in [-0.2, -0.15) is 0 Å². The molecule has 2 N–H and O–H groups in total. The molecule has 0 bridgehead atoms. The third-order valence-corrected chi connectivity index (χ3v) is 3.43. The summed E-state index contributed by atoms with van der Waals surface area (Å²) < 4.78 is 12.2. The Morgan fingerprint density at radius 2 is 2.10 bits per heavy atom. The summed E-state index contributed by atoms with van der Waals surface area (Å²) in [6.45, 7) is 2.47. The Kier molecular flexibility index (Phi) is 3.20. The van der Waals surface area contributed by atoms with Gasteiger partial charge in [-0.15, -0.1) is 0 Å². The second-order valence-corrected chi connectivity index (χ2v) is 4.87. The fourth-order valence-corrected chi connectivity index (χ4v) is 2.26. The van der Waals surface area contributed by atoms with E-state index in [1.807, 2.05) is 24.3 Å². The zero-order chi connectivity index (χ0) is 14.1. The molecule has 0 saturated heterocycles. The molecule has 5 nitrogen and oxygen atoms in total. The molecule has 1 aliphatic heterocycles. The second kappa shape index (κ2) is 5.02. The molecule has 104 valence electrons. The molecule has 1 unspecified atom stereocenters. The summed E-state index contributed by atoms with van der Waals surface area (Å²) in [6, 6.07) is 8.99. The van der Waals surface area contributed by atoms with Crippen LogP contribution in [0.5, 0.6) is 11.5 Å². The predicted molar refractivity (Wildman–Crippen MR) is 74.9 cm³/mol. The number of pyridine rings is 1. The molecule has 2 aromatic rings. The summed E-state index contributed by atoms with van der Waals surface area (Å²) in [6.07, 6.45) is 1.75. The Balaban J connectivity index is 1.84. The number of benzene rings is 1. The van der Waals surface area contributed by atoms with E-state index in [-0.39, 0.29) is 18.4 Å². The molecule has 0 fully saturated rings. The van der Waals surface area contributed by atoms with Gasteiger partial charge in [0, 0.05) is 24.3 Å². The standard InChI is InChI=1S/C15H16N2O3/c1-10-3-2-6-17(15(10)18)8-12(16)11-4-5-13-14(7-11)20-9-19-13/h2-7,12H,8-9,16H2,1H3. The Morgan fingerprint density at radius 1 is 1.30 bits per heavy atom. The molecule has 0 spiro atoms. The average molecular weight is 272 g/mol. The van der Waals surface area contributed by atoms with Crippen LogP contribution in [-0.4, -0.2) is 11.4 Å². The predicted octanol–water partition coefficient (Wildman–Crippen LogP) is 1.59. The number of nitrogens with two attached hydrogens (primary N) is 1. The van der Waals surface area contributed by atoms with Crippen molar-refractivity contribution in [1.82, 2.24) is 4.57 Å². The number of aromatic nitrogens is 1. The van der Waals surface area contributed by atoms with Crippen LogP contribution in [0.4, 0.5) is 0 Å². The lowest BCUT2D eigenvalue weighted by molar-refractivity contribution is 0.174. The zero-order valence-electron chi connectivity index (χ0n) is 11.2. The Bertz CT molecular complexity index is 694. The third kappa shape index (κ3) is 2.28. The molecule has 3 rings (SSSR count). The molecule has 20 heavy (non-hydrogen) atoms. The highest BCUT2D eigenvalue weighted by molar-refractivity contribution is 5.45. The van der Waals surface area contributed by atoms with Gasteiger partial charge in [0.1, 0.15) is 0 Å². The van der Waals surface area contributed by atoms with Crippen LogP contribution in [0, 0.1) is 6.92 Å². The lowest BCUT2D eigenvalue weighted by Gasteiger charge is -2.14. The Hall–Kier alpha value is -2.27. The molecule has 0 radical (unpaired) electrons. The molecule has 5 heteroatoms. The fraction of sp³-hybridized carbons (Fsp3) is 0.267. The highest BCUT2D eigenvalue weighted by atomic mass is 16.7. The van der Waals surface area contributed by atoms with Gasteiger partial charge < -0.3 is 19.8 Å². The maximum Gasteiger partial charge on any atom is 0.253 e. The minimum absolute atomic E-state index is 0.0105. The topological polar surface area (TPSA) is 66.5 Å². The number of fused-ring (bicyclic) bond motifs is 1. The Morgan fingerprint density at radius 3 is 2.95 bits per heavy atom. The van der Waals surface area contributed by atoms with E-state index in [1.54, 1.807) is 23.8 Å². The van der Waals surface area contributed by atoms with E-state index in [0.29, 0.717) is 17.9 Å². The van der Waals surface area contributed by atoms with Crippen molar-refractivity contribution >= 4 is 0 Å². The molecule has 1 aromatic heterocycles. The van der Waals surface area contributed by atoms with Crippen molar-refractivity contribution in [3.63, 3.8) is 0 Å². The number of nitrogens with zero attached hydrogens (tertiary/aromatic N) is 1. The minimum atomic E-state index is -0.274. The van der Waals surface area contributed by atoms with E-state index < -0.39 is 0 Å². The highest BCUT2D eigenvalue weighted by Gasteiger charge is 2.16. The molecule has 0 aliphatic carbocycles. The smallest absolute Gasteiger partial charge is 0.253 e. The van der Waals surface area contributed by atoms with Crippen molar-refractivity contribution in [3.8, 4) is 11.5 Å². The van der Waals surface area contributed by atoms with Crippen LogP contribution < -0.4 is 20.8 Å². The molecule has 1 aliphatic rings. The summed E-state index contributed by atoms with van der Waals surface area (Å²) in [4.78, 5) is 12.0. The van der Waals surface area contributed by atoms with Crippen molar-refractivity contribution < 1.29 is 9.47 Å². The molecule has 0 saturated carbocycles. The van der Waals surface area contributed by atoms with Gasteiger partial charge in [-0.05, 0) is 30.7 Å². The largest absolute Gasteiger partial charge is 0.454 e. The van der Waals surface area contributed by atoms with E-state index >= 15 is 0 Å². The van der Waals surface area contributed by atoms with Crippen LogP contribution in [-0.2, 0) is 6.54 Å². The van der Waals surface area contributed by atoms with Gasteiger partial charge in [0.05, 0.1) is 0 Å². The van der Waals surface area contributed by atoms with Crippen molar-refractivity contribution in [2.75, 3.05) is 6.79 Å². The van der Waals surface area contributed by atoms with Gasteiger partial charge in [0.15, 0.2) is 11.5 Å². The average Bonchev–Trinajstić information content (AvgIpc) is 2.91. The van der Waals surface area contributed by atoms with Gasteiger partial charge in [-0.3, -0.25) is 4.79 Å². The summed E-state index contributed by atoms with van der Waals surface area (Å²) in [7, 11) is 0. The van der Waals surface area contributed by atoms with Crippen molar-refractivity contribution in [1.29, 1.82) is 0 Å². The van der Waals surface area contributed by atoms with Gasteiger partial charge in [-0.1, -0.05) is 12.1 Å². The summed E-state index contributed by atoms with van der Waals surface area (Å²) in [5, 5.41) is 0. The number of hydrogen-bond donors (Lipinski definition) is 1. The second-order valence-electron chi connectivity index (χ2n) is 4.87. The van der Waals surface area contributed by atoms with Gasteiger partial charge in [0.25, 0.3) is 5.56 Å². The zero-order valence-corrected chi connectivity index (χ0v) is 11.2. The molecule has 1 aromatic carbocycles. The molecule has 0 amide bonds. The molecular weight excluding hydrogens is 256 g/mol. The maximum absolute atomic E-state index is 12.0. The van der Waals surface area contributed by atoms with Crippen LogP contribution in [0.15, 0.2) is 41.3 Å². The highest BCUT2D eigenvalue weighted by Crippen LogP contribution is 2.33. The number of hydrogen-bond acceptors (Lipinski definition) is 4. The first kappa shape index (κ1) is 12.7. The van der Waals surface area contributed by atoms with Gasteiger partial charge >= 0.3 is 0 Å².